The van der Waals surface area contributed by atoms with Crippen molar-refractivity contribution in [3.05, 3.63) is 60.1 Å². The maximum Gasteiger partial charge on any atom is 0.254 e. The highest BCUT2D eigenvalue weighted by Gasteiger charge is 2.56. The van der Waals surface area contributed by atoms with Crippen molar-refractivity contribution in [2.24, 2.45) is 28.8 Å². The standard InChI is InChI=1S/C21H17FN2O3/c22-15-7-5-12(6-8-15)17-10-9-16(27-17)11-23-24-20(25)18-13-1-2-14(4-3-13)19(18)21(24)26/h1-2,5-11,13-14,18-19H,3-4H2/b23-11-/t13-,14-,18-,19-/m0/s1. The third kappa shape index (κ3) is 2.55. The van der Waals surface area contributed by atoms with Crippen LogP contribution in [0.2, 0.25) is 0 Å². The average molecular weight is 364 g/mol. The third-order valence-electron chi connectivity index (χ3n) is 5.79. The second-order valence-electron chi connectivity index (χ2n) is 7.28. The maximum absolute atomic E-state index is 13.0. The maximum atomic E-state index is 13.0. The van der Waals surface area contributed by atoms with Gasteiger partial charge in [-0.3, -0.25) is 9.59 Å². The number of rotatable bonds is 3. The normalized spacial score (nSPS) is 29.1. The Morgan fingerprint density at radius 2 is 1.59 bits per heavy atom. The molecule has 4 atom stereocenters. The largest absolute Gasteiger partial charge is 0.455 e. The Labute approximate surface area is 155 Å². The lowest BCUT2D eigenvalue weighted by Gasteiger charge is -2.37. The predicted molar refractivity (Wildman–Crippen MR) is 95.9 cm³/mol. The number of imide groups is 1. The molecule has 1 aromatic heterocycles. The van der Waals surface area contributed by atoms with Crippen molar-refractivity contribution >= 4 is 18.0 Å². The van der Waals surface area contributed by atoms with Gasteiger partial charge in [0.15, 0.2) is 0 Å². The summed E-state index contributed by atoms with van der Waals surface area (Å²) in [7, 11) is 0. The summed E-state index contributed by atoms with van der Waals surface area (Å²) in [5, 5.41) is 5.13. The first kappa shape index (κ1) is 16.2. The number of furan rings is 1. The van der Waals surface area contributed by atoms with Gasteiger partial charge in [-0.2, -0.15) is 10.1 Å². The minimum atomic E-state index is -0.317. The van der Waals surface area contributed by atoms with Crippen LogP contribution >= 0.6 is 0 Å². The van der Waals surface area contributed by atoms with E-state index in [1.165, 1.54) is 18.3 Å². The monoisotopic (exact) mass is 364 g/mol. The molecule has 2 fully saturated rings. The number of hydrogen-bond donors (Lipinski definition) is 0. The van der Waals surface area contributed by atoms with Gasteiger partial charge in [-0.25, -0.2) is 4.39 Å². The molecule has 2 amide bonds. The number of halogens is 1. The Kier molecular flexibility index (Phi) is 3.60. The van der Waals surface area contributed by atoms with Crippen LogP contribution in [0.1, 0.15) is 18.6 Å². The Morgan fingerprint density at radius 3 is 2.19 bits per heavy atom. The SMILES string of the molecule is O=C1[C@@H]2[C@@H](C(=O)N1/N=C\c1ccc(-c3ccc(F)cc3)o1)[C@H]1C=C[C@H]2CC1. The van der Waals surface area contributed by atoms with Gasteiger partial charge in [-0.05, 0) is 61.1 Å². The number of carbonyl (C=O) groups excluding carboxylic acids is 2. The molecule has 2 bridgehead atoms. The van der Waals surface area contributed by atoms with Gasteiger partial charge in [0.1, 0.15) is 17.3 Å². The van der Waals surface area contributed by atoms with Crippen LogP contribution in [0.3, 0.4) is 0 Å². The van der Waals surface area contributed by atoms with E-state index in [-0.39, 0.29) is 41.3 Å². The summed E-state index contributed by atoms with van der Waals surface area (Å²) < 4.78 is 18.7. The molecule has 6 rings (SSSR count). The van der Waals surface area contributed by atoms with E-state index in [0.717, 1.165) is 23.4 Å². The van der Waals surface area contributed by atoms with Crippen LogP contribution in [-0.2, 0) is 9.59 Å². The van der Waals surface area contributed by atoms with Gasteiger partial charge in [0.2, 0.25) is 0 Å². The fraction of sp³-hybridized carbons (Fsp3) is 0.286. The summed E-state index contributed by atoms with van der Waals surface area (Å²) in [4.78, 5) is 25.4. The lowest BCUT2D eigenvalue weighted by Crippen LogP contribution is -2.38. The molecule has 1 saturated heterocycles. The fourth-order valence-corrected chi connectivity index (χ4v) is 4.48. The van der Waals surface area contributed by atoms with Crippen molar-refractivity contribution in [2.45, 2.75) is 12.8 Å². The molecule has 2 heterocycles. The molecule has 1 aromatic carbocycles. The first-order chi connectivity index (χ1) is 13.1. The zero-order valence-corrected chi connectivity index (χ0v) is 14.4. The summed E-state index contributed by atoms with van der Waals surface area (Å²) in [6.07, 6.45) is 7.45. The van der Waals surface area contributed by atoms with Gasteiger partial charge in [-0.1, -0.05) is 12.2 Å². The Bertz CT molecular complexity index is 944. The van der Waals surface area contributed by atoms with E-state index in [0.29, 0.717) is 11.5 Å². The number of amides is 2. The number of nitrogens with zero attached hydrogens (tertiary/aromatic N) is 2. The molecule has 1 saturated carbocycles. The summed E-state index contributed by atoms with van der Waals surface area (Å²) in [6, 6.07) is 9.40. The summed E-state index contributed by atoms with van der Waals surface area (Å²) in [5.41, 5.74) is 0.734. The van der Waals surface area contributed by atoms with E-state index in [9.17, 15) is 14.0 Å². The van der Waals surface area contributed by atoms with Crippen molar-refractivity contribution < 1.29 is 18.4 Å². The lowest BCUT2D eigenvalue weighted by atomic mass is 9.63. The number of benzene rings is 1. The molecule has 3 aliphatic carbocycles. The Morgan fingerprint density at radius 1 is 0.963 bits per heavy atom. The van der Waals surface area contributed by atoms with Gasteiger partial charge in [-0.15, -0.1) is 0 Å². The van der Waals surface area contributed by atoms with E-state index in [2.05, 4.69) is 17.3 Å². The fourth-order valence-electron chi connectivity index (χ4n) is 4.48. The van der Waals surface area contributed by atoms with Gasteiger partial charge in [0, 0.05) is 5.56 Å². The van der Waals surface area contributed by atoms with Gasteiger partial charge in [0.05, 0.1) is 18.1 Å². The highest BCUT2D eigenvalue weighted by molar-refractivity contribution is 6.06. The molecule has 0 unspecified atom stereocenters. The predicted octanol–water partition coefficient (Wildman–Crippen LogP) is 3.62. The number of fused-ring (bicyclic) bond motifs is 1. The molecular formula is C21H17FN2O3. The van der Waals surface area contributed by atoms with Crippen LogP contribution in [-0.4, -0.2) is 23.0 Å². The molecule has 0 N–H and O–H groups in total. The Balaban J connectivity index is 1.37. The van der Waals surface area contributed by atoms with Crippen molar-refractivity contribution in [1.82, 2.24) is 5.01 Å². The van der Waals surface area contributed by atoms with E-state index < -0.39 is 0 Å². The summed E-state index contributed by atoms with van der Waals surface area (Å²) >= 11 is 0. The number of carbonyl (C=O) groups is 2. The smallest absolute Gasteiger partial charge is 0.254 e. The molecular weight excluding hydrogens is 347 g/mol. The minimum absolute atomic E-state index is 0.144. The molecule has 1 aliphatic heterocycles. The van der Waals surface area contributed by atoms with Crippen LogP contribution < -0.4 is 0 Å². The van der Waals surface area contributed by atoms with Crippen molar-refractivity contribution in [2.75, 3.05) is 0 Å². The highest BCUT2D eigenvalue weighted by Crippen LogP contribution is 2.49. The average Bonchev–Trinajstić information content (AvgIpc) is 3.26. The molecule has 136 valence electrons. The first-order valence-corrected chi connectivity index (χ1v) is 9.08. The number of allylic oxidation sites excluding steroid dienone is 2. The summed E-state index contributed by atoms with van der Waals surface area (Å²) in [6.45, 7) is 0. The minimum Gasteiger partial charge on any atom is -0.455 e. The zero-order valence-electron chi connectivity index (χ0n) is 14.4. The Hall–Kier alpha value is -3.02. The van der Waals surface area contributed by atoms with Gasteiger partial charge >= 0.3 is 0 Å². The van der Waals surface area contributed by atoms with E-state index in [1.54, 1.807) is 24.3 Å². The zero-order chi connectivity index (χ0) is 18.5. The second kappa shape index (κ2) is 6.01. The number of hydrogen-bond acceptors (Lipinski definition) is 4. The highest BCUT2D eigenvalue weighted by atomic mass is 19.1. The second-order valence-corrected chi connectivity index (χ2v) is 7.28. The topological polar surface area (TPSA) is 62.9 Å². The van der Waals surface area contributed by atoms with Crippen LogP contribution in [0.5, 0.6) is 0 Å². The molecule has 4 aliphatic rings. The van der Waals surface area contributed by atoms with E-state index in [1.807, 2.05) is 0 Å². The molecule has 0 spiro atoms. The lowest BCUT2D eigenvalue weighted by molar-refractivity contribution is -0.140. The van der Waals surface area contributed by atoms with Crippen LogP contribution in [0, 0.1) is 29.5 Å². The van der Waals surface area contributed by atoms with Crippen LogP contribution in [0.15, 0.2) is 58.1 Å². The van der Waals surface area contributed by atoms with Gasteiger partial charge in [0.25, 0.3) is 11.8 Å². The van der Waals surface area contributed by atoms with Crippen molar-refractivity contribution in [3.8, 4) is 11.3 Å². The molecule has 27 heavy (non-hydrogen) atoms. The van der Waals surface area contributed by atoms with Crippen molar-refractivity contribution in [1.29, 1.82) is 0 Å². The van der Waals surface area contributed by atoms with E-state index in [4.69, 9.17) is 4.42 Å². The number of hydrazone groups is 1. The van der Waals surface area contributed by atoms with Crippen LogP contribution in [0.25, 0.3) is 11.3 Å². The van der Waals surface area contributed by atoms with Crippen LogP contribution in [0.4, 0.5) is 4.39 Å². The molecule has 5 nitrogen and oxygen atoms in total. The third-order valence-corrected chi connectivity index (χ3v) is 5.79. The quantitative estimate of drug-likeness (QED) is 0.475. The van der Waals surface area contributed by atoms with Crippen molar-refractivity contribution in [3.63, 3.8) is 0 Å². The first-order valence-electron chi connectivity index (χ1n) is 9.08. The summed E-state index contributed by atoms with van der Waals surface area (Å²) in [5.74, 6) is -0.0260. The van der Waals surface area contributed by atoms with E-state index >= 15 is 0 Å². The van der Waals surface area contributed by atoms with Gasteiger partial charge < -0.3 is 4.42 Å². The molecule has 2 aromatic rings. The molecule has 0 radical (unpaired) electrons. The molecule has 6 heteroatoms.